The minimum absolute atomic E-state index is 0.0674. The fourth-order valence-electron chi connectivity index (χ4n) is 2.73. The second kappa shape index (κ2) is 6.26. The van der Waals surface area contributed by atoms with Gasteiger partial charge in [-0.25, -0.2) is 8.42 Å². The van der Waals surface area contributed by atoms with Gasteiger partial charge in [0.1, 0.15) is 0 Å². The van der Waals surface area contributed by atoms with Crippen molar-refractivity contribution in [3.8, 4) is 0 Å². The van der Waals surface area contributed by atoms with Crippen molar-refractivity contribution in [2.75, 3.05) is 6.54 Å². The number of amides is 1. The third-order valence-electron chi connectivity index (χ3n) is 3.73. The van der Waals surface area contributed by atoms with Crippen LogP contribution in [0.15, 0.2) is 27.6 Å². The van der Waals surface area contributed by atoms with Gasteiger partial charge in [-0.1, -0.05) is 29.8 Å². The first kappa shape index (κ1) is 16.8. The van der Waals surface area contributed by atoms with Crippen LogP contribution in [0.5, 0.6) is 0 Å². The summed E-state index contributed by atoms with van der Waals surface area (Å²) < 4.78 is 23.5. The minimum atomic E-state index is -3.86. The highest BCUT2D eigenvalue weighted by Gasteiger charge is 2.31. The number of hydrogen-bond acceptors (Lipinski definition) is 3. The van der Waals surface area contributed by atoms with Gasteiger partial charge in [-0.05, 0) is 37.0 Å². The van der Waals surface area contributed by atoms with Crippen molar-refractivity contribution in [1.82, 2.24) is 4.90 Å². The van der Waals surface area contributed by atoms with Gasteiger partial charge < -0.3 is 4.90 Å². The Morgan fingerprint density at radius 2 is 2.05 bits per heavy atom. The maximum atomic E-state index is 12.7. The van der Waals surface area contributed by atoms with Crippen molar-refractivity contribution < 1.29 is 13.2 Å². The smallest absolute Gasteiger partial charge is 0.261 e. The van der Waals surface area contributed by atoms with E-state index in [1.165, 1.54) is 12.1 Å². The number of carbonyl (C=O) groups is 1. The van der Waals surface area contributed by atoms with E-state index in [0.717, 1.165) is 12.8 Å². The largest absolute Gasteiger partial charge is 0.335 e. The summed E-state index contributed by atoms with van der Waals surface area (Å²) >= 11 is 3.23. The molecular weight excluding hydrogens is 378 g/mol. The van der Waals surface area contributed by atoms with Crippen molar-refractivity contribution in [2.24, 2.45) is 5.92 Å². The van der Waals surface area contributed by atoms with Crippen molar-refractivity contribution in [3.05, 3.63) is 28.2 Å². The van der Waals surface area contributed by atoms with Crippen LogP contribution in [0.2, 0.25) is 0 Å². The summed E-state index contributed by atoms with van der Waals surface area (Å²) in [5, 5.41) is 0. The van der Waals surface area contributed by atoms with Crippen LogP contribution in [0.3, 0.4) is 0 Å². The van der Waals surface area contributed by atoms with Crippen molar-refractivity contribution in [3.63, 3.8) is 0 Å². The van der Waals surface area contributed by atoms with Gasteiger partial charge in [0.05, 0.1) is 4.90 Å². The first-order valence-electron chi connectivity index (χ1n) is 6.76. The number of carbonyl (C=O) groups excluding carboxylic acids is 1. The topological polar surface area (TPSA) is 54.5 Å². The second-order valence-corrected chi connectivity index (χ2v) is 9.05. The Balaban J connectivity index is 2.38. The normalized spacial score (nSPS) is 19.3. The molecule has 1 aromatic carbocycles. The van der Waals surface area contributed by atoms with Crippen LogP contribution in [-0.2, 0) is 9.05 Å². The summed E-state index contributed by atoms with van der Waals surface area (Å²) in [6.45, 7) is 4.88. The van der Waals surface area contributed by atoms with E-state index in [0.29, 0.717) is 22.5 Å². The van der Waals surface area contributed by atoms with E-state index in [1.807, 2.05) is 4.90 Å². The predicted molar refractivity (Wildman–Crippen MR) is 86.1 cm³/mol. The van der Waals surface area contributed by atoms with Crippen LogP contribution >= 0.6 is 26.6 Å². The van der Waals surface area contributed by atoms with E-state index in [2.05, 4.69) is 29.8 Å². The summed E-state index contributed by atoms with van der Waals surface area (Å²) in [4.78, 5) is 14.4. The molecule has 1 saturated heterocycles. The van der Waals surface area contributed by atoms with Crippen LogP contribution in [-0.4, -0.2) is 31.8 Å². The van der Waals surface area contributed by atoms with Crippen molar-refractivity contribution in [2.45, 2.75) is 37.6 Å². The Kier molecular flexibility index (Phi) is 5.00. The summed E-state index contributed by atoms with van der Waals surface area (Å²) in [6.07, 6.45) is 1.96. The Bertz CT molecular complexity index is 660. The summed E-state index contributed by atoms with van der Waals surface area (Å²) in [5.74, 6) is 0.230. The SMILES string of the molecule is CC(C)C1CCCN1C(=O)c1cc(Br)cc(S(=O)(=O)Cl)c1. The van der Waals surface area contributed by atoms with Crippen LogP contribution in [0.4, 0.5) is 0 Å². The third-order valence-corrected chi connectivity index (χ3v) is 5.52. The lowest BCUT2D eigenvalue weighted by Crippen LogP contribution is -2.38. The van der Waals surface area contributed by atoms with E-state index in [1.54, 1.807) is 6.07 Å². The molecule has 116 valence electrons. The predicted octanol–water partition coefficient (Wildman–Crippen LogP) is 3.64. The fraction of sp³-hybridized carbons (Fsp3) is 0.500. The zero-order valence-corrected chi connectivity index (χ0v) is 15.0. The van der Waals surface area contributed by atoms with Gasteiger partial charge in [-0.3, -0.25) is 4.79 Å². The molecular formula is C14H17BrClNO3S. The summed E-state index contributed by atoms with van der Waals surface area (Å²) in [6, 6.07) is 4.56. The molecule has 0 spiro atoms. The highest BCUT2D eigenvalue weighted by atomic mass is 79.9. The average Bonchev–Trinajstić information content (AvgIpc) is 2.85. The lowest BCUT2D eigenvalue weighted by molar-refractivity contribution is 0.0701. The maximum absolute atomic E-state index is 12.7. The van der Waals surface area contributed by atoms with Crippen LogP contribution in [0, 0.1) is 5.92 Å². The number of hydrogen-bond donors (Lipinski definition) is 0. The van der Waals surface area contributed by atoms with Crippen LogP contribution in [0.25, 0.3) is 0 Å². The molecule has 0 radical (unpaired) electrons. The zero-order chi connectivity index (χ0) is 15.8. The van der Waals surface area contributed by atoms with Gasteiger partial charge in [0.2, 0.25) is 0 Å². The molecule has 1 unspecified atom stereocenters. The number of likely N-dealkylation sites (tertiary alicyclic amines) is 1. The molecule has 1 fully saturated rings. The number of halogens is 2. The molecule has 1 aliphatic heterocycles. The Morgan fingerprint density at radius 1 is 1.38 bits per heavy atom. The maximum Gasteiger partial charge on any atom is 0.261 e. The molecule has 0 saturated carbocycles. The number of benzene rings is 1. The fourth-order valence-corrected chi connectivity index (χ4v) is 4.18. The molecule has 1 amide bonds. The molecule has 21 heavy (non-hydrogen) atoms. The minimum Gasteiger partial charge on any atom is -0.335 e. The lowest BCUT2D eigenvalue weighted by Gasteiger charge is -2.28. The molecule has 1 heterocycles. The molecule has 1 aromatic rings. The first-order valence-corrected chi connectivity index (χ1v) is 9.86. The molecule has 0 N–H and O–H groups in total. The van der Waals surface area contributed by atoms with Crippen molar-refractivity contribution in [1.29, 1.82) is 0 Å². The molecule has 4 nitrogen and oxygen atoms in total. The molecule has 0 bridgehead atoms. The van der Waals surface area contributed by atoms with Gasteiger partial charge in [0.25, 0.3) is 15.0 Å². The Morgan fingerprint density at radius 3 is 2.62 bits per heavy atom. The average molecular weight is 395 g/mol. The van der Waals surface area contributed by atoms with Crippen LogP contribution < -0.4 is 0 Å². The standard InChI is InChI=1S/C14H17BrClNO3S/c1-9(2)13-4-3-5-17(13)14(18)10-6-11(15)8-12(7-10)21(16,19)20/h6-9,13H,3-5H2,1-2H3. The van der Waals surface area contributed by atoms with Gasteiger partial charge >= 0.3 is 0 Å². The molecule has 2 rings (SSSR count). The van der Waals surface area contributed by atoms with Gasteiger partial charge in [-0.15, -0.1) is 0 Å². The van der Waals surface area contributed by atoms with E-state index < -0.39 is 9.05 Å². The second-order valence-electron chi connectivity index (χ2n) is 5.57. The zero-order valence-electron chi connectivity index (χ0n) is 11.8. The van der Waals surface area contributed by atoms with Gasteiger partial charge in [0, 0.05) is 33.3 Å². The molecule has 7 heteroatoms. The molecule has 0 aliphatic carbocycles. The number of rotatable bonds is 3. The Hall–Kier alpha value is -0.590. The summed E-state index contributed by atoms with van der Waals surface area (Å²) in [7, 11) is 1.51. The van der Waals surface area contributed by atoms with Crippen molar-refractivity contribution >= 4 is 41.6 Å². The van der Waals surface area contributed by atoms with Crippen LogP contribution in [0.1, 0.15) is 37.0 Å². The Labute approximate surface area is 138 Å². The number of nitrogens with zero attached hydrogens (tertiary/aromatic N) is 1. The molecule has 1 aliphatic rings. The highest BCUT2D eigenvalue weighted by Crippen LogP contribution is 2.28. The van der Waals surface area contributed by atoms with E-state index in [-0.39, 0.29) is 16.8 Å². The van der Waals surface area contributed by atoms with E-state index in [4.69, 9.17) is 10.7 Å². The van der Waals surface area contributed by atoms with E-state index in [9.17, 15) is 13.2 Å². The van der Waals surface area contributed by atoms with Gasteiger partial charge in [0.15, 0.2) is 0 Å². The monoisotopic (exact) mass is 393 g/mol. The molecule has 1 atom stereocenters. The summed E-state index contributed by atoms with van der Waals surface area (Å²) in [5.41, 5.74) is 0.344. The first-order chi connectivity index (χ1) is 9.70. The molecule has 0 aromatic heterocycles. The quantitative estimate of drug-likeness (QED) is 0.736. The van der Waals surface area contributed by atoms with Gasteiger partial charge in [-0.2, -0.15) is 0 Å². The van der Waals surface area contributed by atoms with E-state index >= 15 is 0 Å². The lowest BCUT2D eigenvalue weighted by atomic mass is 10.0. The third kappa shape index (κ3) is 3.79. The highest BCUT2D eigenvalue weighted by molar-refractivity contribution is 9.10.